The number of alkyl halides is 1. The fourth-order valence-electron chi connectivity index (χ4n) is 7.79. The lowest BCUT2D eigenvalue weighted by Gasteiger charge is -2.31. The molecule has 2 aromatic heterocycles. The summed E-state index contributed by atoms with van der Waals surface area (Å²) in [6.07, 6.45) is 3.04. The number of aromatic nitrogens is 4. The van der Waals surface area contributed by atoms with Crippen LogP contribution in [0.25, 0.3) is 22.5 Å². The minimum absolute atomic E-state index is 0.0315. The molecule has 382 valence electrons. The van der Waals surface area contributed by atoms with Crippen molar-refractivity contribution in [2.24, 2.45) is 0 Å². The van der Waals surface area contributed by atoms with Gasteiger partial charge in [-0.15, -0.1) is 11.6 Å². The zero-order valence-electron chi connectivity index (χ0n) is 40.2. The molecule has 8 rings (SSSR count). The molecular formula is C50H50ClF4N11O6S. The molecule has 0 unspecified atom stereocenters. The number of hydrogen-bond donors (Lipinski definition) is 5. The SMILES string of the molecule is CCCNC(=O)c1ccc(C)c(-c2nc(NCCCCl)nc3c2CNC(=O)N3c2c(F)cccc2F)c1.CCCNC(=O)c1ccc(C)c(-c2nc(S(C)(=O)=O)nc3c2CNC(=O)N3c2c(F)cccc2F)c1. The number of carbonyl (C=O) groups is 4. The maximum Gasteiger partial charge on any atom is 0.328 e. The highest BCUT2D eigenvalue weighted by Gasteiger charge is 2.37. The molecule has 0 atom stereocenters. The number of amides is 6. The summed E-state index contributed by atoms with van der Waals surface area (Å²) in [5, 5.41) is 13.3. The first-order valence-corrected chi connectivity index (χ1v) is 25.4. The van der Waals surface area contributed by atoms with Crippen molar-refractivity contribution in [1.29, 1.82) is 0 Å². The lowest BCUT2D eigenvalue weighted by atomic mass is 9.97. The van der Waals surface area contributed by atoms with Crippen LogP contribution in [0.2, 0.25) is 0 Å². The monoisotopic (exact) mass is 1040 g/mol. The Bertz CT molecular complexity index is 3220. The first kappa shape index (κ1) is 53.1. The fraction of sp³-hybridized carbons (Fsp3) is 0.280. The average molecular weight is 1040 g/mol. The minimum Gasteiger partial charge on any atom is -0.354 e. The molecule has 0 spiro atoms. The van der Waals surface area contributed by atoms with E-state index in [1.807, 2.05) is 20.8 Å². The number of fused-ring (bicyclic) bond motifs is 2. The van der Waals surface area contributed by atoms with Crippen molar-refractivity contribution in [2.75, 3.05) is 46.9 Å². The zero-order valence-corrected chi connectivity index (χ0v) is 41.8. The summed E-state index contributed by atoms with van der Waals surface area (Å²) in [6.45, 7) is 8.84. The second-order valence-corrected chi connectivity index (χ2v) is 19.1. The maximum absolute atomic E-state index is 14.8. The minimum atomic E-state index is -4.01. The van der Waals surface area contributed by atoms with Crippen LogP contribution in [0.1, 0.15) is 76.1 Å². The average Bonchev–Trinajstić information content (AvgIpc) is 3.35. The number of hydrogen-bond acceptors (Lipinski definition) is 11. The third kappa shape index (κ3) is 11.5. The van der Waals surface area contributed by atoms with E-state index in [4.69, 9.17) is 11.6 Å². The van der Waals surface area contributed by atoms with Gasteiger partial charge in [-0.2, -0.15) is 9.97 Å². The van der Waals surface area contributed by atoms with Gasteiger partial charge in [0.2, 0.25) is 20.9 Å². The highest BCUT2D eigenvalue weighted by molar-refractivity contribution is 7.90. The standard InChI is InChI=1S/C26H27ClF2N6O2.C24H23F2N5O4S/c1-3-11-30-24(36)16-9-8-15(2)17(13-16)21-18-14-32-26(37)35(22-19(28)6-4-7-20(22)29)23(18)34-25(33-21)31-12-5-10-27;1-4-10-27-22(32)14-9-8-13(2)15(11-14)19-16-12-28-24(33)31(20-17(25)6-5-7-18(20)26)21(16)30-23(29-19)36(3,34)35/h4,6-9,13H,3,5,10-12,14H2,1-2H3,(H,30,36)(H,32,37)(H,31,33,34);5-9,11H,4,10,12H2,1-3H3,(H,27,32)(H,28,33). The Morgan fingerprint density at radius 1 is 0.658 bits per heavy atom. The van der Waals surface area contributed by atoms with E-state index in [2.05, 4.69) is 46.5 Å². The van der Waals surface area contributed by atoms with Gasteiger partial charge in [0.1, 0.15) is 34.6 Å². The summed E-state index contributed by atoms with van der Waals surface area (Å²) < 4.78 is 84.0. The molecule has 23 heteroatoms. The summed E-state index contributed by atoms with van der Waals surface area (Å²) in [4.78, 5) is 70.0. The third-order valence-electron chi connectivity index (χ3n) is 11.4. The van der Waals surface area contributed by atoms with E-state index >= 15 is 0 Å². The van der Waals surface area contributed by atoms with Gasteiger partial charge in [0.05, 0.1) is 24.5 Å². The predicted octanol–water partition coefficient (Wildman–Crippen LogP) is 8.91. The smallest absolute Gasteiger partial charge is 0.328 e. The number of halogens is 5. The summed E-state index contributed by atoms with van der Waals surface area (Å²) in [5.41, 5.74) is 3.27. The van der Waals surface area contributed by atoms with Crippen molar-refractivity contribution in [2.45, 2.75) is 65.2 Å². The van der Waals surface area contributed by atoms with E-state index in [1.54, 1.807) is 43.3 Å². The number of sulfone groups is 1. The lowest BCUT2D eigenvalue weighted by Crippen LogP contribution is -2.43. The van der Waals surface area contributed by atoms with Gasteiger partial charge in [0.15, 0.2) is 11.6 Å². The molecule has 17 nitrogen and oxygen atoms in total. The van der Waals surface area contributed by atoms with Crippen molar-refractivity contribution in [3.05, 3.63) is 129 Å². The van der Waals surface area contributed by atoms with Crippen molar-refractivity contribution in [3.8, 4) is 22.5 Å². The first-order valence-electron chi connectivity index (χ1n) is 23.0. The second kappa shape index (κ2) is 22.8. The normalized spacial score (nSPS) is 13.0. The summed E-state index contributed by atoms with van der Waals surface area (Å²) in [6, 6.07) is 15.0. The molecule has 0 radical (unpaired) electrons. The van der Waals surface area contributed by atoms with Crippen molar-refractivity contribution >= 4 is 74.3 Å². The Balaban J connectivity index is 0.000000214. The van der Waals surface area contributed by atoms with Crippen LogP contribution in [-0.4, -0.2) is 84.0 Å². The van der Waals surface area contributed by atoms with Crippen molar-refractivity contribution in [3.63, 3.8) is 0 Å². The van der Waals surface area contributed by atoms with E-state index in [9.17, 15) is 45.2 Å². The van der Waals surface area contributed by atoms with Crippen LogP contribution in [0.3, 0.4) is 0 Å². The Kier molecular flexibility index (Phi) is 16.6. The molecule has 2 aliphatic rings. The Hall–Kier alpha value is -7.72. The zero-order chi connectivity index (χ0) is 52.7. The number of benzene rings is 4. The summed E-state index contributed by atoms with van der Waals surface area (Å²) in [5.74, 6) is -4.10. The van der Waals surface area contributed by atoms with Crippen LogP contribution in [-0.2, 0) is 22.9 Å². The van der Waals surface area contributed by atoms with Gasteiger partial charge in [-0.05, 0) is 92.8 Å². The number of para-hydroxylation sites is 2. The molecule has 0 aliphatic carbocycles. The van der Waals surface area contributed by atoms with Crippen LogP contribution < -0.4 is 36.4 Å². The van der Waals surface area contributed by atoms with Crippen molar-refractivity contribution in [1.82, 2.24) is 41.2 Å². The number of nitrogens with zero attached hydrogens (tertiary/aromatic N) is 6. The third-order valence-corrected chi connectivity index (χ3v) is 12.6. The molecule has 6 amide bonds. The Morgan fingerprint density at radius 2 is 1.10 bits per heavy atom. The second-order valence-electron chi connectivity index (χ2n) is 16.8. The van der Waals surface area contributed by atoms with E-state index in [-0.39, 0.29) is 53.7 Å². The highest BCUT2D eigenvalue weighted by Crippen LogP contribution is 2.41. The number of aryl methyl sites for hydroxylation is 2. The van der Waals surface area contributed by atoms with Gasteiger partial charge < -0.3 is 26.6 Å². The first-order chi connectivity index (χ1) is 34.9. The predicted molar refractivity (Wildman–Crippen MR) is 268 cm³/mol. The number of carbonyl (C=O) groups excluding carboxylic acids is 4. The molecule has 0 saturated heterocycles. The van der Waals surface area contributed by atoms with Gasteiger partial charge >= 0.3 is 12.1 Å². The topological polar surface area (TPSA) is 221 Å². The van der Waals surface area contributed by atoms with Crippen LogP contribution in [0, 0.1) is 37.1 Å². The van der Waals surface area contributed by atoms with Gasteiger partial charge in [-0.1, -0.05) is 38.1 Å². The molecular weight excluding hydrogens is 994 g/mol. The lowest BCUT2D eigenvalue weighted by molar-refractivity contribution is 0.0945. The van der Waals surface area contributed by atoms with E-state index in [1.165, 1.54) is 6.07 Å². The molecule has 2 aliphatic heterocycles. The summed E-state index contributed by atoms with van der Waals surface area (Å²) in [7, 11) is -4.01. The molecule has 0 saturated carbocycles. The highest BCUT2D eigenvalue weighted by atomic mass is 35.5. The van der Waals surface area contributed by atoms with Gasteiger partial charge in [0.25, 0.3) is 11.8 Å². The largest absolute Gasteiger partial charge is 0.354 e. The van der Waals surface area contributed by atoms with E-state index in [0.29, 0.717) is 75.9 Å². The molecule has 6 aromatic rings. The molecule has 0 bridgehead atoms. The van der Waals surface area contributed by atoms with Crippen LogP contribution in [0.15, 0.2) is 78.0 Å². The van der Waals surface area contributed by atoms with Crippen molar-refractivity contribution < 1.29 is 45.2 Å². The maximum atomic E-state index is 14.8. The molecule has 0 fully saturated rings. The van der Waals surface area contributed by atoms with E-state index in [0.717, 1.165) is 59.9 Å². The van der Waals surface area contributed by atoms with Crippen LogP contribution in [0.4, 0.5) is 56.1 Å². The molecule has 73 heavy (non-hydrogen) atoms. The van der Waals surface area contributed by atoms with Gasteiger partial charge in [-0.25, -0.2) is 55.3 Å². The quantitative estimate of drug-likeness (QED) is 0.0283. The van der Waals surface area contributed by atoms with E-state index < -0.39 is 61.7 Å². The number of nitrogens with one attached hydrogen (secondary N) is 5. The number of urea groups is 2. The Morgan fingerprint density at radius 3 is 1.52 bits per heavy atom. The van der Waals surface area contributed by atoms with Gasteiger partial charge in [-0.3, -0.25) is 9.59 Å². The Labute approximate surface area is 423 Å². The van der Waals surface area contributed by atoms with Gasteiger partial charge in [0, 0.05) is 65.2 Å². The number of rotatable bonds is 15. The molecule has 5 N–H and O–H groups in total. The molecule has 4 aromatic carbocycles. The number of anilines is 5. The molecule has 4 heterocycles. The van der Waals surface area contributed by atoms with Crippen LogP contribution >= 0.6 is 11.6 Å². The van der Waals surface area contributed by atoms with Crippen LogP contribution in [0.5, 0.6) is 0 Å². The fourth-order valence-corrected chi connectivity index (χ4v) is 8.44. The summed E-state index contributed by atoms with van der Waals surface area (Å²) >= 11 is 5.81.